The molecular formula is C13H16N2O4S3. The largest absolute Gasteiger partial charge is 0.461 e. The molecule has 0 saturated heterocycles. The van der Waals surface area contributed by atoms with Gasteiger partial charge in [0.25, 0.3) is 10.0 Å². The monoisotopic (exact) mass is 360 g/mol. The van der Waals surface area contributed by atoms with Crippen LogP contribution in [0.2, 0.25) is 0 Å². The van der Waals surface area contributed by atoms with E-state index in [1.807, 2.05) is 6.92 Å². The number of nitrogens with zero attached hydrogens (tertiary/aromatic N) is 2. The summed E-state index contributed by atoms with van der Waals surface area (Å²) in [5, 5.41) is 1.72. The van der Waals surface area contributed by atoms with Crippen molar-refractivity contribution in [1.82, 2.24) is 4.98 Å². The van der Waals surface area contributed by atoms with Gasteiger partial charge in [-0.2, -0.15) is 0 Å². The minimum Gasteiger partial charge on any atom is -0.461 e. The Labute approximate surface area is 137 Å². The van der Waals surface area contributed by atoms with Crippen molar-refractivity contribution in [3.63, 3.8) is 0 Å². The Balaban J connectivity index is 2.27. The van der Waals surface area contributed by atoms with Crippen molar-refractivity contribution in [3.05, 3.63) is 28.1 Å². The molecule has 2 rings (SSSR count). The van der Waals surface area contributed by atoms with E-state index >= 15 is 0 Å². The number of aryl methyl sites for hydroxylation is 1. The topological polar surface area (TPSA) is 76.6 Å². The van der Waals surface area contributed by atoms with Crippen molar-refractivity contribution in [2.24, 2.45) is 0 Å². The average Bonchev–Trinajstić information content (AvgIpc) is 3.16. The van der Waals surface area contributed by atoms with Gasteiger partial charge >= 0.3 is 5.97 Å². The Morgan fingerprint density at radius 2 is 2.09 bits per heavy atom. The molecule has 6 nitrogen and oxygen atoms in total. The van der Waals surface area contributed by atoms with Gasteiger partial charge in [0.2, 0.25) is 0 Å². The molecule has 0 aliphatic heterocycles. The predicted octanol–water partition coefficient (Wildman–Crippen LogP) is 2.77. The molecule has 0 aliphatic carbocycles. The number of hydrogen-bond donors (Lipinski definition) is 0. The van der Waals surface area contributed by atoms with Crippen LogP contribution in [0, 0.1) is 0 Å². The molecule has 9 heteroatoms. The second-order valence-corrected chi connectivity index (χ2v) is 8.48. The zero-order chi connectivity index (χ0) is 16.3. The SMILES string of the molecule is CCOC(=O)c1csc(N(C)S(=O)(=O)c2ccc(CC)s2)n1. The van der Waals surface area contributed by atoms with Crippen LogP contribution in [0.25, 0.3) is 0 Å². The number of carbonyl (C=O) groups excluding carboxylic acids is 1. The first-order valence-corrected chi connectivity index (χ1v) is 9.74. The van der Waals surface area contributed by atoms with Crippen molar-refractivity contribution in [3.8, 4) is 0 Å². The summed E-state index contributed by atoms with van der Waals surface area (Å²) in [6.07, 6.45) is 0.786. The maximum Gasteiger partial charge on any atom is 0.357 e. The van der Waals surface area contributed by atoms with Gasteiger partial charge in [-0.3, -0.25) is 0 Å². The molecule has 0 aliphatic rings. The number of thiophene rings is 1. The molecule has 2 heterocycles. The summed E-state index contributed by atoms with van der Waals surface area (Å²) in [5.41, 5.74) is 0.115. The Bertz CT molecular complexity index is 764. The van der Waals surface area contributed by atoms with Gasteiger partial charge in [0.05, 0.1) is 6.61 Å². The van der Waals surface area contributed by atoms with Crippen molar-refractivity contribution in [2.45, 2.75) is 24.5 Å². The molecule has 0 fully saturated rings. The van der Waals surface area contributed by atoms with Gasteiger partial charge in [-0.25, -0.2) is 22.5 Å². The van der Waals surface area contributed by atoms with Gasteiger partial charge in [0.1, 0.15) is 4.21 Å². The number of sulfonamides is 1. The molecule has 0 amide bonds. The first-order valence-electron chi connectivity index (χ1n) is 6.60. The Morgan fingerprint density at radius 3 is 2.68 bits per heavy atom. The van der Waals surface area contributed by atoms with Gasteiger partial charge in [-0.1, -0.05) is 6.92 Å². The molecule has 0 N–H and O–H groups in total. The van der Waals surface area contributed by atoms with Crippen LogP contribution in [-0.2, 0) is 21.2 Å². The summed E-state index contributed by atoms with van der Waals surface area (Å²) in [7, 11) is -2.23. The molecule has 0 bridgehead atoms. The lowest BCUT2D eigenvalue weighted by molar-refractivity contribution is 0.0520. The Kier molecular flexibility index (Phi) is 5.20. The molecule has 0 radical (unpaired) electrons. The van der Waals surface area contributed by atoms with E-state index in [4.69, 9.17) is 4.74 Å². The summed E-state index contributed by atoms with van der Waals surface area (Å²) in [6, 6.07) is 3.40. The van der Waals surface area contributed by atoms with Crippen LogP contribution in [0.1, 0.15) is 29.2 Å². The van der Waals surface area contributed by atoms with E-state index in [-0.39, 0.29) is 21.6 Å². The molecule has 0 saturated carbocycles. The average molecular weight is 360 g/mol. The molecular weight excluding hydrogens is 344 g/mol. The number of carbonyl (C=O) groups is 1. The highest BCUT2D eigenvalue weighted by Crippen LogP contribution is 2.29. The van der Waals surface area contributed by atoms with E-state index in [0.717, 1.165) is 26.9 Å². The van der Waals surface area contributed by atoms with E-state index in [1.165, 1.54) is 23.8 Å². The van der Waals surface area contributed by atoms with E-state index in [9.17, 15) is 13.2 Å². The van der Waals surface area contributed by atoms with Gasteiger partial charge in [-0.05, 0) is 25.5 Å². The fourth-order valence-electron chi connectivity index (χ4n) is 1.63. The smallest absolute Gasteiger partial charge is 0.357 e. The quantitative estimate of drug-likeness (QED) is 0.740. The summed E-state index contributed by atoms with van der Waals surface area (Å²) in [4.78, 5) is 16.6. The number of hydrogen-bond acceptors (Lipinski definition) is 7. The molecule has 2 aromatic heterocycles. The highest BCUT2D eigenvalue weighted by molar-refractivity contribution is 7.95. The molecule has 0 unspecified atom stereocenters. The van der Waals surface area contributed by atoms with Gasteiger partial charge in [-0.15, -0.1) is 22.7 Å². The highest BCUT2D eigenvalue weighted by Gasteiger charge is 2.26. The number of aromatic nitrogens is 1. The third-order valence-electron chi connectivity index (χ3n) is 2.85. The second-order valence-electron chi connectivity index (χ2n) is 4.28. The maximum atomic E-state index is 12.6. The zero-order valence-electron chi connectivity index (χ0n) is 12.4. The highest BCUT2D eigenvalue weighted by atomic mass is 32.2. The molecule has 0 atom stereocenters. The van der Waals surface area contributed by atoms with Crippen LogP contribution < -0.4 is 4.31 Å². The number of rotatable bonds is 6. The zero-order valence-corrected chi connectivity index (χ0v) is 14.8. The summed E-state index contributed by atoms with van der Waals surface area (Å²) < 4.78 is 31.3. The first kappa shape index (κ1) is 16.9. The van der Waals surface area contributed by atoms with Crippen molar-refractivity contribution >= 4 is 43.8 Å². The molecule has 0 aromatic carbocycles. The van der Waals surface area contributed by atoms with Gasteiger partial charge in [0, 0.05) is 17.3 Å². The van der Waals surface area contributed by atoms with E-state index in [1.54, 1.807) is 19.1 Å². The first-order chi connectivity index (χ1) is 10.4. The molecule has 2 aromatic rings. The normalized spacial score (nSPS) is 11.4. The number of ether oxygens (including phenoxy) is 1. The van der Waals surface area contributed by atoms with E-state index in [2.05, 4.69) is 4.98 Å². The number of esters is 1. The molecule has 0 spiro atoms. The third kappa shape index (κ3) is 3.31. The Hall–Kier alpha value is -1.45. The summed E-state index contributed by atoms with van der Waals surface area (Å²) >= 11 is 2.33. The lowest BCUT2D eigenvalue weighted by Gasteiger charge is -2.14. The fraction of sp³-hybridized carbons (Fsp3) is 0.385. The third-order valence-corrected chi connectivity index (χ3v) is 7.32. The number of anilines is 1. The van der Waals surface area contributed by atoms with Crippen LogP contribution in [0.5, 0.6) is 0 Å². The fourth-order valence-corrected chi connectivity index (χ4v) is 5.23. The number of thiazole rings is 1. The van der Waals surface area contributed by atoms with Crippen molar-refractivity contribution in [1.29, 1.82) is 0 Å². The standard InChI is InChI=1S/C13H16N2O4S3/c1-4-9-6-7-11(21-9)22(17,18)15(3)13-14-10(8-20-13)12(16)19-5-2/h6-8H,4-5H2,1-3H3. The molecule has 120 valence electrons. The lowest BCUT2D eigenvalue weighted by atomic mass is 10.4. The summed E-state index contributed by atoms with van der Waals surface area (Å²) in [6.45, 7) is 3.91. The van der Waals surface area contributed by atoms with Crippen LogP contribution in [0.4, 0.5) is 5.13 Å². The van der Waals surface area contributed by atoms with Gasteiger partial charge in [0.15, 0.2) is 10.8 Å². The predicted molar refractivity (Wildman–Crippen MR) is 87.4 cm³/mol. The Morgan fingerprint density at radius 1 is 1.36 bits per heavy atom. The molecule has 22 heavy (non-hydrogen) atoms. The minimum absolute atomic E-state index is 0.115. The minimum atomic E-state index is -3.66. The maximum absolute atomic E-state index is 12.6. The van der Waals surface area contributed by atoms with E-state index < -0.39 is 16.0 Å². The van der Waals surface area contributed by atoms with E-state index in [0.29, 0.717) is 0 Å². The van der Waals surface area contributed by atoms with Crippen LogP contribution in [0.15, 0.2) is 21.7 Å². The van der Waals surface area contributed by atoms with Crippen LogP contribution in [0.3, 0.4) is 0 Å². The van der Waals surface area contributed by atoms with Gasteiger partial charge < -0.3 is 4.74 Å². The van der Waals surface area contributed by atoms with Crippen molar-refractivity contribution in [2.75, 3.05) is 18.0 Å². The summed E-state index contributed by atoms with van der Waals surface area (Å²) in [5.74, 6) is -0.555. The van der Waals surface area contributed by atoms with Crippen LogP contribution in [-0.4, -0.2) is 33.0 Å². The van der Waals surface area contributed by atoms with Crippen molar-refractivity contribution < 1.29 is 17.9 Å². The second kappa shape index (κ2) is 6.76. The lowest BCUT2D eigenvalue weighted by Crippen LogP contribution is -2.25. The van der Waals surface area contributed by atoms with Crippen LogP contribution >= 0.6 is 22.7 Å².